The van der Waals surface area contributed by atoms with Crippen LogP contribution in [-0.2, 0) is 4.79 Å². The zero-order valence-electron chi connectivity index (χ0n) is 10.0. The van der Waals surface area contributed by atoms with E-state index >= 15 is 0 Å². The Bertz CT molecular complexity index is 222. The Morgan fingerprint density at radius 1 is 1.25 bits per heavy atom. The van der Waals surface area contributed by atoms with Crippen LogP contribution < -0.4 is 10.6 Å². The van der Waals surface area contributed by atoms with Gasteiger partial charge in [-0.1, -0.05) is 0 Å². The molecule has 1 amide bonds. The third-order valence-electron chi connectivity index (χ3n) is 3.25. The number of carbonyl (C=O) groups is 1. The zero-order chi connectivity index (χ0) is 11.2. The summed E-state index contributed by atoms with van der Waals surface area (Å²) in [4.78, 5) is 13.8. The van der Waals surface area contributed by atoms with Crippen molar-refractivity contribution in [2.24, 2.45) is 0 Å². The lowest BCUT2D eigenvalue weighted by Crippen LogP contribution is -2.36. The highest BCUT2D eigenvalue weighted by molar-refractivity contribution is 5.78. The van der Waals surface area contributed by atoms with Crippen LogP contribution in [0.4, 0.5) is 0 Å². The van der Waals surface area contributed by atoms with Gasteiger partial charge in [0.2, 0.25) is 5.91 Å². The molecule has 4 heteroatoms. The first-order valence-electron chi connectivity index (χ1n) is 6.57. The molecule has 2 N–H and O–H groups in total. The molecule has 1 saturated heterocycles. The molecule has 1 aliphatic carbocycles. The Morgan fingerprint density at radius 2 is 2.00 bits per heavy atom. The van der Waals surface area contributed by atoms with Crippen LogP contribution in [0.5, 0.6) is 0 Å². The maximum Gasteiger partial charge on any atom is 0.234 e. The maximum absolute atomic E-state index is 11.3. The molecule has 16 heavy (non-hydrogen) atoms. The van der Waals surface area contributed by atoms with Gasteiger partial charge in [-0.15, -0.1) is 0 Å². The Hall–Kier alpha value is -0.610. The Kier molecular flexibility index (Phi) is 4.60. The van der Waals surface area contributed by atoms with E-state index in [-0.39, 0.29) is 5.91 Å². The van der Waals surface area contributed by atoms with E-state index in [2.05, 4.69) is 15.5 Å². The Labute approximate surface area is 97.8 Å². The summed E-state index contributed by atoms with van der Waals surface area (Å²) in [6, 6.07) is 0.485. The second-order valence-corrected chi connectivity index (χ2v) is 4.92. The number of likely N-dealkylation sites (tertiary alicyclic amines) is 1. The Morgan fingerprint density at radius 3 is 2.69 bits per heavy atom. The summed E-state index contributed by atoms with van der Waals surface area (Å²) in [7, 11) is 0. The first kappa shape index (κ1) is 11.9. The van der Waals surface area contributed by atoms with Crippen LogP contribution in [0, 0.1) is 0 Å². The molecule has 0 spiro atoms. The molecule has 0 aromatic carbocycles. The molecule has 0 atom stereocenters. The molecule has 1 aliphatic heterocycles. The van der Waals surface area contributed by atoms with Crippen molar-refractivity contribution in [1.82, 2.24) is 15.5 Å². The number of carbonyl (C=O) groups excluding carboxylic acids is 1. The van der Waals surface area contributed by atoms with Crippen molar-refractivity contribution in [3.8, 4) is 0 Å². The number of rotatable bonds is 7. The van der Waals surface area contributed by atoms with Gasteiger partial charge in [0.15, 0.2) is 0 Å². The summed E-state index contributed by atoms with van der Waals surface area (Å²) in [6.07, 6.45) is 6.20. The fourth-order valence-electron chi connectivity index (χ4n) is 2.14. The van der Waals surface area contributed by atoms with Gasteiger partial charge in [-0.3, -0.25) is 4.79 Å². The molecule has 0 unspecified atom stereocenters. The van der Waals surface area contributed by atoms with Crippen molar-refractivity contribution in [3.63, 3.8) is 0 Å². The fraction of sp³-hybridized carbons (Fsp3) is 0.917. The maximum atomic E-state index is 11.3. The van der Waals surface area contributed by atoms with Crippen molar-refractivity contribution in [3.05, 3.63) is 0 Å². The summed E-state index contributed by atoms with van der Waals surface area (Å²) in [5.41, 5.74) is 0. The van der Waals surface area contributed by atoms with Crippen molar-refractivity contribution >= 4 is 5.91 Å². The lowest BCUT2D eigenvalue weighted by molar-refractivity contribution is -0.120. The van der Waals surface area contributed by atoms with E-state index in [9.17, 15) is 4.79 Å². The monoisotopic (exact) mass is 225 g/mol. The topological polar surface area (TPSA) is 44.4 Å². The highest BCUT2D eigenvalue weighted by Crippen LogP contribution is 2.18. The molecular weight excluding hydrogens is 202 g/mol. The van der Waals surface area contributed by atoms with E-state index in [1.54, 1.807) is 0 Å². The van der Waals surface area contributed by atoms with Gasteiger partial charge in [-0.2, -0.15) is 0 Å². The normalized spacial score (nSPS) is 21.2. The number of hydrogen-bond donors (Lipinski definition) is 2. The Balaban J connectivity index is 1.40. The van der Waals surface area contributed by atoms with E-state index in [0.717, 1.165) is 13.0 Å². The number of nitrogens with zero attached hydrogens (tertiary/aromatic N) is 1. The molecular formula is C12H23N3O. The predicted molar refractivity (Wildman–Crippen MR) is 64.3 cm³/mol. The van der Waals surface area contributed by atoms with Crippen molar-refractivity contribution < 1.29 is 4.79 Å². The van der Waals surface area contributed by atoms with Crippen molar-refractivity contribution in [2.45, 2.75) is 38.1 Å². The molecule has 0 aromatic heterocycles. The first-order chi connectivity index (χ1) is 7.84. The summed E-state index contributed by atoms with van der Waals surface area (Å²) in [5, 5.41) is 6.18. The van der Waals surface area contributed by atoms with E-state index in [0.29, 0.717) is 12.6 Å². The van der Waals surface area contributed by atoms with Crippen molar-refractivity contribution in [1.29, 1.82) is 0 Å². The number of amides is 1. The molecule has 4 nitrogen and oxygen atoms in total. The average Bonchev–Trinajstić information content (AvgIpc) is 2.93. The molecule has 0 bridgehead atoms. The van der Waals surface area contributed by atoms with Gasteiger partial charge in [0.05, 0.1) is 6.54 Å². The standard InChI is InChI=1S/C12H23N3O/c16-12(14-11-4-5-11)10-13-6-3-9-15-7-1-2-8-15/h11,13H,1-10H2,(H,14,16). The lowest BCUT2D eigenvalue weighted by Gasteiger charge is -2.14. The van der Waals surface area contributed by atoms with E-state index in [1.807, 2.05) is 0 Å². The third-order valence-corrected chi connectivity index (χ3v) is 3.25. The minimum atomic E-state index is 0.156. The SMILES string of the molecule is O=C(CNCCCN1CCCC1)NC1CC1. The van der Waals surface area contributed by atoms with Gasteiger partial charge >= 0.3 is 0 Å². The summed E-state index contributed by atoms with van der Waals surface area (Å²) in [5.74, 6) is 0.156. The smallest absolute Gasteiger partial charge is 0.234 e. The highest BCUT2D eigenvalue weighted by atomic mass is 16.2. The van der Waals surface area contributed by atoms with Crippen LogP contribution in [0.15, 0.2) is 0 Å². The van der Waals surface area contributed by atoms with Crippen LogP contribution in [0.1, 0.15) is 32.1 Å². The first-order valence-corrected chi connectivity index (χ1v) is 6.57. The van der Waals surface area contributed by atoms with Crippen LogP contribution in [-0.4, -0.2) is 49.6 Å². The molecule has 1 saturated carbocycles. The fourth-order valence-corrected chi connectivity index (χ4v) is 2.14. The quantitative estimate of drug-likeness (QED) is 0.614. The van der Waals surface area contributed by atoms with Crippen molar-refractivity contribution in [2.75, 3.05) is 32.7 Å². The minimum Gasteiger partial charge on any atom is -0.352 e. The predicted octanol–water partition coefficient (Wildman–Crippen LogP) is 0.341. The third kappa shape index (κ3) is 4.49. The van der Waals surface area contributed by atoms with Crippen LogP contribution in [0.2, 0.25) is 0 Å². The van der Waals surface area contributed by atoms with E-state index in [4.69, 9.17) is 0 Å². The van der Waals surface area contributed by atoms with Gasteiger partial charge in [0, 0.05) is 6.04 Å². The minimum absolute atomic E-state index is 0.156. The van der Waals surface area contributed by atoms with E-state index < -0.39 is 0 Å². The van der Waals surface area contributed by atoms with Gasteiger partial charge in [-0.05, 0) is 58.3 Å². The second kappa shape index (κ2) is 6.21. The van der Waals surface area contributed by atoms with Crippen LogP contribution >= 0.6 is 0 Å². The molecule has 92 valence electrons. The van der Waals surface area contributed by atoms with Gasteiger partial charge in [0.1, 0.15) is 0 Å². The summed E-state index contributed by atoms with van der Waals surface area (Å²) >= 11 is 0. The molecule has 0 radical (unpaired) electrons. The van der Waals surface area contributed by atoms with Crippen LogP contribution in [0.25, 0.3) is 0 Å². The largest absolute Gasteiger partial charge is 0.352 e. The zero-order valence-corrected chi connectivity index (χ0v) is 10.0. The second-order valence-electron chi connectivity index (χ2n) is 4.92. The van der Waals surface area contributed by atoms with E-state index in [1.165, 1.54) is 45.3 Å². The number of nitrogens with one attached hydrogen (secondary N) is 2. The molecule has 1 heterocycles. The molecule has 2 aliphatic rings. The summed E-state index contributed by atoms with van der Waals surface area (Å²) in [6.45, 7) is 5.15. The molecule has 0 aromatic rings. The van der Waals surface area contributed by atoms with Gasteiger partial charge < -0.3 is 15.5 Å². The molecule has 2 rings (SSSR count). The molecule has 2 fully saturated rings. The van der Waals surface area contributed by atoms with Gasteiger partial charge in [0.25, 0.3) is 0 Å². The van der Waals surface area contributed by atoms with Crippen LogP contribution in [0.3, 0.4) is 0 Å². The highest BCUT2D eigenvalue weighted by Gasteiger charge is 2.22. The van der Waals surface area contributed by atoms with Gasteiger partial charge in [-0.25, -0.2) is 0 Å². The lowest BCUT2D eigenvalue weighted by atomic mass is 10.4. The summed E-state index contributed by atoms with van der Waals surface area (Å²) < 4.78 is 0. The average molecular weight is 225 g/mol. The number of hydrogen-bond acceptors (Lipinski definition) is 3.